The van der Waals surface area contributed by atoms with Crippen molar-refractivity contribution in [1.82, 2.24) is 15.3 Å². The zero-order chi connectivity index (χ0) is 23.7. The van der Waals surface area contributed by atoms with Crippen molar-refractivity contribution in [2.75, 3.05) is 43.6 Å². The SMILES string of the molecule is COc1ncc2c(N3CC(C)NC(C)C3)ccc(C(=O)Nc3ccc4c(c3)OCCCO4)c2n1. The molecule has 2 atom stereocenters. The molecule has 1 amide bonds. The molecule has 1 fully saturated rings. The van der Waals surface area contributed by atoms with Gasteiger partial charge in [0, 0.05) is 60.6 Å². The quantitative estimate of drug-likeness (QED) is 0.609. The van der Waals surface area contributed by atoms with Gasteiger partial charge < -0.3 is 29.7 Å². The molecule has 0 aliphatic carbocycles. The fraction of sp³-hybridized carbons (Fsp3) is 0.400. The largest absolute Gasteiger partial charge is 0.490 e. The summed E-state index contributed by atoms with van der Waals surface area (Å²) in [5.74, 6) is 1.04. The number of aromatic nitrogens is 2. The minimum atomic E-state index is -0.270. The zero-order valence-corrected chi connectivity index (χ0v) is 19.6. The van der Waals surface area contributed by atoms with Crippen molar-refractivity contribution < 1.29 is 19.0 Å². The van der Waals surface area contributed by atoms with Crippen molar-refractivity contribution in [2.45, 2.75) is 32.4 Å². The van der Waals surface area contributed by atoms with Gasteiger partial charge in [0.05, 0.1) is 31.4 Å². The number of nitrogens with one attached hydrogen (secondary N) is 2. The van der Waals surface area contributed by atoms with Gasteiger partial charge in [-0.25, -0.2) is 4.98 Å². The van der Waals surface area contributed by atoms with Crippen LogP contribution in [0.25, 0.3) is 10.9 Å². The van der Waals surface area contributed by atoms with Gasteiger partial charge in [-0.1, -0.05) is 0 Å². The van der Waals surface area contributed by atoms with E-state index >= 15 is 0 Å². The molecule has 2 aromatic carbocycles. The van der Waals surface area contributed by atoms with E-state index in [1.165, 1.54) is 7.11 Å². The molecule has 1 aromatic heterocycles. The number of fused-ring (bicyclic) bond motifs is 2. The van der Waals surface area contributed by atoms with Gasteiger partial charge in [0.1, 0.15) is 0 Å². The molecular weight excluding hydrogens is 434 g/mol. The first kappa shape index (κ1) is 22.2. The molecule has 34 heavy (non-hydrogen) atoms. The number of anilines is 2. The van der Waals surface area contributed by atoms with E-state index in [0.29, 0.717) is 53.6 Å². The number of carbonyl (C=O) groups excluding carboxylic acids is 1. The molecule has 2 aliphatic heterocycles. The molecule has 3 heterocycles. The van der Waals surface area contributed by atoms with Crippen LogP contribution in [0.4, 0.5) is 11.4 Å². The van der Waals surface area contributed by atoms with Crippen LogP contribution in [-0.2, 0) is 0 Å². The van der Waals surface area contributed by atoms with Crippen LogP contribution in [0.5, 0.6) is 17.5 Å². The summed E-state index contributed by atoms with van der Waals surface area (Å²) in [6.45, 7) is 7.24. The number of piperazine rings is 1. The predicted molar refractivity (Wildman–Crippen MR) is 130 cm³/mol. The number of rotatable bonds is 4. The van der Waals surface area contributed by atoms with Crippen molar-refractivity contribution >= 4 is 28.2 Å². The van der Waals surface area contributed by atoms with Crippen molar-refractivity contribution in [3.63, 3.8) is 0 Å². The molecular formula is C25H29N5O4. The fourth-order valence-electron chi connectivity index (χ4n) is 4.61. The highest BCUT2D eigenvalue weighted by Crippen LogP contribution is 2.34. The van der Waals surface area contributed by atoms with E-state index < -0.39 is 0 Å². The number of carbonyl (C=O) groups is 1. The Morgan fingerprint density at radius 3 is 2.65 bits per heavy atom. The second-order valence-electron chi connectivity index (χ2n) is 8.79. The summed E-state index contributed by atoms with van der Waals surface area (Å²) in [4.78, 5) is 24.5. The van der Waals surface area contributed by atoms with E-state index in [2.05, 4.69) is 39.3 Å². The van der Waals surface area contributed by atoms with Gasteiger partial charge >= 0.3 is 6.01 Å². The summed E-state index contributed by atoms with van der Waals surface area (Å²) in [6, 6.07) is 10.1. The van der Waals surface area contributed by atoms with Gasteiger partial charge in [-0.05, 0) is 38.1 Å². The summed E-state index contributed by atoms with van der Waals surface area (Å²) in [7, 11) is 1.52. The van der Waals surface area contributed by atoms with Crippen molar-refractivity contribution in [1.29, 1.82) is 0 Å². The highest BCUT2D eigenvalue weighted by atomic mass is 16.5. The Bertz CT molecular complexity index is 1210. The van der Waals surface area contributed by atoms with Crippen molar-refractivity contribution in [3.8, 4) is 17.5 Å². The van der Waals surface area contributed by atoms with Gasteiger partial charge in [0.2, 0.25) is 0 Å². The smallest absolute Gasteiger partial charge is 0.316 e. The molecule has 2 N–H and O–H groups in total. The van der Waals surface area contributed by atoms with E-state index in [-0.39, 0.29) is 11.9 Å². The lowest BCUT2D eigenvalue weighted by Crippen LogP contribution is -2.54. The van der Waals surface area contributed by atoms with Crippen LogP contribution in [0.1, 0.15) is 30.6 Å². The van der Waals surface area contributed by atoms with Crippen molar-refractivity contribution in [2.24, 2.45) is 0 Å². The van der Waals surface area contributed by atoms with Crippen LogP contribution in [0.2, 0.25) is 0 Å². The van der Waals surface area contributed by atoms with Gasteiger partial charge in [-0.2, -0.15) is 4.98 Å². The molecule has 0 radical (unpaired) electrons. The second-order valence-corrected chi connectivity index (χ2v) is 8.79. The van der Waals surface area contributed by atoms with Crippen LogP contribution in [0.15, 0.2) is 36.5 Å². The number of nitrogens with zero attached hydrogens (tertiary/aromatic N) is 3. The Morgan fingerprint density at radius 2 is 1.88 bits per heavy atom. The Balaban J connectivity index is 1.49. The molecule has 0 bridgehead atoms. The molecule has 2 unspecified atom stereocenters. The third kappa shape index (κ3) is 4.43. The molecule has 5 rings (SSSR count). The van der Waals surface area contributed by atoms with E-state index in [9.17, 15) is 4.79 Å². The highest BCUT2D eigenvalue weighted by Gasteiger charge is 2.25. The maximum absolute atomic E-state index is 13.3. The van der Waals surface area contributed by atoms with Gasteiger partial charge in [0.15, 0.2) is 11.5 Å². The second kappa shape index (κ2) is 9.34. The Hall–Kier alpha value is -3.59. The van der Waals surface area contributed by atoms with Crippen LogP contribution in [0.3, 0.4) is 0 Å². The Labute approximate surface area is 198 Å². The van der Waals surface area contributed by atoms with E-state index in [1.807, 2.05) is 18.2 Å². The number of amides is 1. The molecule has 0 spiro atoms. The third-order valence-corrected chi connectivity index (χ3v) is 6.04. The maximum atomic E-state index is 13.3. The van der Waals surface area contributed by atoms with Gasteiger partial charge in [-0.15, -0.1) is 0 Å². The average molecular weight is 464 g/mol. The third-order valence-electron chi connectivity index (χ3n) is 6.04. The topological polar surface area (TPSA) is 97.8 Å². The number of benzene rings is 2. The minimum absolute atomic E-state index is 0.219. The number of ether oxygens (including phenoxy) is 3. The summed E-state index contributed by atoms with van der Waals surface area (Å²) >= 11 is 0. The number of hydrogen-bond acceptors (Lipinski definition) is 8. The van der Waals surface area contributed by atoms with E-state index in [0.717, 1.165) is 30.6 Å². The monoisotopic (exact) mass is 463 g/mol. The van der Waals surface area contributed by atoms with E-state index in [4.69, 9.17) is 14.2 Å². The van der Waals surface area contributed by atoms with Gasteiger partial charge in [-0.3, -0.25) is 4.79 Å². The van der Waals surface area contributed by atoms with Gasteiger partial charge in [0.25, 0.3) is 5.91 Å². The average Bonchev–Trinajstić information content (AvgIpc) is 3.07. The lowest BCUT2D eigenvalue weighted by Gasteiger charge is -2.38. The zero-order valence-electron chi connectivity index (χ0n) is 19.6. The minimum Gasteiger partial charge on any atom is -0.490 e. The first-order chi connectivity index (χ1) is 16.5. The molecule has 9 heteroatoms. The maximum Gasteiger partial charge on any atom is 0.316 e. The normalized spacial score (nSPS) is 20.0. The molecule has 0 saturated carbocycles. The first-order valence-electron chi connectivity index (χ1n) is 11.6. The van der Waals surface area contributed by atoms with Crippen LogP contribution >= 0.6 is 0 Å². The summed E-state index contributed by atoms with van der Waals surface area (Å²) in [6.07, 6.45) is 2.55. The lowest BCUT2D eigenvalue weighted by molar-refractivity contribution is 0.102. The summed E-state index contributed by atoms with van der Waals surface area (Å²) < 4.78 is 16.7. The molecule has 1 saturated heterocycles. The van der Waals surface area contributed by atoms with Crippen LogP contribution in [0, 0.1) is 0 Å². The first-order valence-corrected chi connectivity index (χ1v) is 11.6. The number of hydrogen-bond donors (Lipinski definition) is 2. The standard InChI is InChI=1S/C25H29N5O4/c1-15-13-30(14-16(2)27-15)20-7-6-18(23-19(20)12-26-25(29-23)32-3)24(31)28-17-5-8-21-22(11-17)34-10-4-9-33-21/h5-8,11-12,15-16,27H,4,9-10,13-14H2,1-3H3,(H,28,31). The highest BCUT2D eigenvalue weighted by molar-refractivity contribution is 6.14. The number of methoxy groups -OCH3 is 1. The lowest BCUT2D eigenvalue weighted by atomic mass is 10.0. The van der Waals surface area contributed by atoms with Crippen LogP contribution in [-0.4, -0.2) is 61.4 Å². The van der Waals surface area contributed by atoms with Crippen LogP contribution < -0.4 is 29.7 Å². The Kier molecular flexibility index (Phi) is 6.10. The molecule has 9 nitrogen and oxygen atoms in total. The fourth-order valence-corrected chi connectivity index (χ4v) is 4.61. The summed E-state index contributed by atoms with van der Waals surface area (Å²) in [5.41, 5.74) is 2.63. The van der Waals surface area contributed by atoms with E-state index in [1.54, 1.807) is 18.3 Å². The molecule has 3 aromatic rings. The Morgan fingerprint density at radius 1 is 1.12 bits per heavy atom. The van der Waals surface area contributed by atoms with Crippen molar-refractivity contribution in [3.05, 3.63) is 42.1 Å². The molecule has 2 aliphatic rings. The molecule has 178 valence electrons. The predicted octanol–water partition coefficient (Wildman–Crippen LogP) is 3.24. The summed E-state index contributed by atoms with van der Waals surface area (Å²) in [5, 5.41) is 7.34.